The molecule has 5 heteroatoms. The fourth-order valence-electron chi connectivity index (χ4n) is 5.30. The number of aromatic hydroxyl groups is 1. The van der Waals surface area contributed by atoms with Crippen molar-refractivity contribution < 1.29 is 30.6 Å². The monoisotopic (exact) mass is 698 g/mol. The number of phenols is 1. The molecule has 0 unspecified atom stereocenters. The van der Waals surface area contributed by atoms with E-state index in [0.717, 1.165) is 38.7 Å². The molecule has 0 aliphatic carbocycles. The van der Waals surface area contributed by atoms with Crippen LogP contribution in [0.15, 0.2) is 120 Å². The molecule has 0 radical (unpaired) electrons. The summed E-state index contributed by atoms with van der Waals surface area (Å²) in [6.45, 7) is 2.15. The molecule has 0 bridgehead atoms. The zero-order chi connectivity index (χ0) is 26.3. The number of para-hydroxylation sites is 2. The average molecular weight is 699 g/mol. The van der Waals surface area contributed by atoms with E-state index in [1.165, 1.54) is 16.7 Å². The Morgan fingerprint density at radius 3 is 2.25 bits per heavy atom. The number of phenolic OH excluding ortho intramolecular Hbond substituents is 1. The van der Waals surface area contributed by atoms with Gasteiger partial charge in [-0.05, 0) is 47.9 Å². The topological polar surface area (TPSA) is 59.2 Å². The summed E-state index contributed by atoms with van der Waals surface area (Å²) in [7, 11) is 0. The van der Waals surface area contributed by atoms with Gasteiger partial charge < -0.3 is 9.52 Å². The Kier molecular flexibility index (Phi) is 6.79. The van der Waals surface area contributed by atoms with Gasteiger partial charge in [0.05, 0.1) is 11.1 Å². The van der Waals surface area contributed by atoms with Gasteiger partial charge in [0.1, 0.15) is 11.3 Å². The maximum absolute atomic E-state index is 10.3. The minimum absolute atomic E-state index is 0. The predicted molar refractivity (Wildman–Crippen MR) is 156 cm³/mol. The van der Waals surface area contributed by atoms with Crippen LogP contribution in [0.1, 0.15) is 5.56 Å². The fourth-order valence-corrected chi connectivity index (χ4v) is 5.30. The number of benzene rings is 5. The number of fused-ring (bicyclic) bond motifs is 2. The first-order chi connectivity index (χ1) is 19.2. The molecule has 0 saturated carbocycles. The van der Waals surface area contributed by atoms with Crippen molar-refractivity contribution in [2.75, 3.05) is 0 Å². The Balaban J connectivity index is 0.00000289. The molecular weight excluding hydrogens is 675 g/mol. The number of oxazole rings is 1. The summed E-state index contributed by atoms with van der Waals surface area (Å²) in [5, 5.41) is 11.4. The third-order valence-corrected chi connectivity index (χ3v) is 7.08. The van der Waals surface area contributed by atoms with Crippen molar-refractivity contribution in [3.63, 3.8) is 0 Å². The second-order valence-electron chi connectivity index (χ2n) is 9.55. The van der Waals surface area contributed by atoms with Gasteiger partial charge in [0, 0.05) is 38.2 Å². The van der Waals surface area contributed by atoms with Crippen LogP contribution in [0.5, 0.6) is 5.75 Å². The van der Waals surface area contributed by atoms with Gasteiger partial charge in [-0.2, -0.15) is 0 Å². The maximum atomic E-state index is 10.3. The van der Waals surface area contributed by atoms with Gasteiger partial charge in [-0.1, -0.05) is 77.9 Å². The molecule has 4 nitrogen and oxygen atoms in total. The second-order valence-corrected chi connectivity index (χ2v) is 9.55. The molecule has 196 valence electrons. The van der Waals surface area contributed by atoms with E-state index in [2.05, 4.69) is 55.5 Å². The molecule has 0 aliphatic rings. The number of aryl methyl sites for hydroxylation is 1. The average Bonchev–Trinajstić information content (AvgIpc) is 3.42. The van der Waals surface area contributed by atoms with Crippen LogP contribution in [0.2, 0.25) is 0 Å². The summed E-state index contributed by atoms with van der Waals surface area (Å²) >= 11 is 0. The van der Waals surface area contributed by atoms with E-state index >= 15 is 0 Å². The zero-order valence-electron chi connectivity index (χ0n) is 21.5. The fraction of sp³-hybridized carbons (Fsp3) is 0.0286. The van der Waals surface area contributed by atoms with Crippen molar-refractivity contribution in [3.05, 3.63) is 127 Å². The van der Waals surface area contributed by atoms with Crippen LogP contribution in [-0.4, -0.2) is 15.1 Å². The van der Waals surface area contributed by atoms with Crippen LogP contribution >= 0.6 is 0 Å². The van der Waals surface area contributed by atoms with Gasteiger partial charge in [0.2, 0.25) is 5.89 Å². The standard InChI is InChI=1S/C35H23N2O2.Pt/c1-22-20-29(33-28(16-9-19-36-33)32(22)23-10-3-2-4-11-23)25-13-7-12-24(21-25)26-15-8-18-31-34(26)37-35(39-31)27-14-5-6-17-30(27)38;/h2-20,38H,1H3;/q-1;. The van der Waals surface area contributed by atoms with Crippen molar-refractivity contribution in [1.82, 2.24) is 9.97 Å². The number of nitrogens with zero attached hydrogens (tertiary/aromatic N) is 2. The van der Waals surface area contributed by atoms with E-state index in [0.29, 0.717) is 17.0 Å². The SMILES string of the molecule is Cc1cc(-c2[c-]c(-c3cccc4oc(-c5ccccc5O)nc34)ccc2)c2ncccc2c1-c1ccccc1.[Pt]. The van der Waals surface area contributed by atoms with Crippen LogP contribution in [0.4, 0.5) is 0 Å². The van der Waals surface area contributed by atoms with Crippen molar-refractivity contribution in [1.29, 1.82) is 0 Å². The van der Waals surface area contributed by atoms with Crippen molar-refractivity contribution >= 4 is 22.0 Å². The number of hydrogen-bond acceptors (Lipinski definition) is 4. The van der Waals surface area contributed by atoms with Gasteiger partial charge in [0.15, 0.2) is 0 Å². The van der Waals surface area contributed by atoms with Crippen LogP contribution in [-0.2, 0) is 21.1 Å². The minimum atomic E-state index is 0. The number of aromatic nitrogens is 2. The Morgan fingerprint density at radius 1 is 0.700 bits per heavy atom. The van der Waals surface area contributed by atoms with Crippen LogP contribution in [0, 0.1) is 13.0 Å². The molecular formula is C35H23N2O2Pt-. The Labute approximate surface area is 246 Å². The molecule has 5 aromatic carbocycles. The zero-order valence-corrected chi connectivity index (χ0v) is 23.8. The molecule has 2 aromatic heterocycles. The first-order valence-electron chi connectivity index (χ1n) is 12.8. The van der Waals surface area contributed by atoms with Crippen LogP contribution in [0.25, 0.3) is 66.8 Å². The van der Waals surface area contributed by atoms with E-state index in [-0.39, 0.29) is 26.8 Å². The molecule has 0 spiro atoms. The first kappa shape index (κ1) is 25.7. The van der Waals surface area contributed by atoms with E-state index in [9.17, 15) is 5.11 Å². The normalized spacial score (nSPS) is 11.0. The van der Waals surface area contributed by atoms with E-state index in [1.54, 1.807) is 18.2 Å². The molecule has 0 saturated heterocycles. The van der Waals surface area contributed by atoms with Crippen molar-refractivity contribution in [2.24, 2.45) is 0 Å². The number of rotatable bonds is 4. The summed E-state index contributed by atoms with van der Waals surface area (Å²) < 4.78 is 6.05. The summed E-state index contributed by atoms with van der Waals surface area (Å²) in [6, 6.07) is 39.5. The smallest absolute Gasteiger partial charge is 0.230 e. The molecule has 0 fully saturated rings. The van der Waals surface area contributed by atoms with Crippen LogP contribution in [0.3, 0.4) is 0 Å². The van der Waals surface area contributed by atoms with Gasteiger partial charge in [-0.15, -0.1) is 35.4 Å². The number of hydrogen-bond donors (Lipinski definition) is 1. The Hall–Kier alpha value is -4.53. The Morgan fingerprint density at radius 2 is 1.43 bits per heavy atom. The van der Waals surface area contributed by atoms with Crippen molar-refractivity contribution in [2.45, 2.75) is 6.92 Å². The molecule has 7 aromatic rings. The predicted octanol–water partition coefficient (Wildman–Crippen LogP) is 8.86. The third kappa shape index (κ3) is 4.41. The van der Waals surface area contributed by atoms with Gasteiger partial charge in [0.25, 0.3) is 0 Å². The molecule has 7 rings (SSSR count). The van der Waals surface area contributed by atoms with E-state index < -0.39 is 0 Å². The van der Waals surface area contributed by atoms with Gasteiger partial charge in [-0.25, -0.2) is 4.98 Å². The second kappa shape index (κ2) is 10.6. The van der Waals surface area contributed by atoms with Crippen LogP contribution < -0.4 is 0 Å². The minimum Gasteiger partial charge on any atom is -0.507 e. The maximum Gasteiger partial charge on any atom is 0.230 e. The van der Waals surface area contributed by atoms with Crippen molar-refractivity contribution in [3.8, 4) is 50.6 Å². The summed E-state index contributed by atoms with van der Waals surface area (Å²) in [5.41, 5.74) is 10.2. The molecule has 1 N–H and O–H groups in total. The number of pyridine rings is 1. The van der Waals surface area contributed by atoms with E-state index in [4.69, 9.17) is 14.4 Å². The molecule has 0 atom stereocenters. The Bertz CT molecular complexity index is 2000. The molecule has 2 heterocycles. The quantitative estimate of drug-likeness (QED) is 0.187. The first-order valence-corrected chi connectivity index (χ1v) is 12.8. The summed E-state index contributed by atoms with van der Waals surface area (Å²) in [4.78, 5) is 9.58. The molecule has 40 heavy (non-hydrogen) atoms. The largest absolute Gasteiger partial charge is 0.507 e. The molecule has 0 aliphatic heterocycles. The summed E-state index contributed by atoms with van der Waals surface area (Å²) in [5.74, 6) is 0.516. The molecule has 0 amide bonds. The van der Waals surface area contributed by atoms with Gasteiger partial charge >= 0.3 is 0 Å². The van der Waals surface area contributed by atoms with Gasteiger partial charge in [-0.3, -0.25) is 4.98 Å². The summed E-state index contributed by atoms with van der Waals surface area (Å²) in [6.07, 6.45) is 1.84. The third-order valence-electron chi connectivity index (χ3n) is 7.08. The van der Waals surface area contributed by atoms with E-state index in [1.807, 2.05) is 54.7 Å².